The summed E-state index contributed by atoms with van der Waals surface area (Å²) in [5, 5.41) is 29.5. The number of likely N-dealkylation sites (tertiary alicyclic amines) is 1. The fourth-order valence-corrected chi connectivity index (χ4v) is 6.37. The van der Waals surface area contributed by atoms with Crippen LogP contribution in [0.4, 0.5) is 4.79 Å². The molecule has 1 aromatic rings. The first-order valence-corrected chi connectivity index (χ1v) is 14.4. The average molecular weight is 538 g/mol. The molecule has 0 bridgehead atoms. The number of carbonyl (C=O) groups is 1. The van der Waals surface area contributed by atoms with E-state index in [9.17, 15) is 15.0 Å². The molecular weight excluding hydrogens is 490 g/mol. The third kappa shape index (κ3) is 8.82. The molecule has 1 aliphatic carbocycles. The van der Waals surface area contributed by atoms with Gasteiger partial charge in [-0.25, -0.2) is 4.79 Å². The third-order valence-corrected chi connectivity index (χ3v) is 8.68. The van der Waals surface area contributed by atoms with Crippen LogP contribution < -0.4 is 10.6 Å². The van der Waals surface area contributed by atoms with Crippen molar-refractivity contribution in [2.75, 3.05) is 40.4 Å². The van der Waals surface area contributed by atoms with Crippen LogP contribution in [0, 0.1) is 11.8 Å². The zero-order valence-electron chi connectivity index (χ0n) is 23.0. The van der Waals surface area contributed by atoms with Crippen molar-refractivity contribution in [1.29, 1.82) is 0 Å². The first kappa shape index (κ1) is 30.2. The van der Waals surface area contributed by atoms with E-state index in [4.69, 9.17) is 16.3 Å². The minimum Gasteiger partial charge on any atom is -0.390 e. The molecule has 1 heterocycles. The van der Waals surface area contributed by atoms with Crippen molar-refractivity contribution in [3.05, 3.63) is 34.9 Å². The van der Waals surface area contributed by atoms with Crippen molar-refractivity contribution in [3.63, 3.8) is 0 Å². The molecule has 3 rings (SSSR count). The molecule has 0 radical (unpaired) electrons. The van der Waals surface area contributed by atoms with E-state index in [-0.39, 0.29) is 18.0 Å². The molecule has 2 amide bonds. The maximum atomic E-state index is 13.4. The van der Waals surface area contributed by atoms with E-state index in [0.29, 0.717) is 43.6 Å². The molecule has 3 unspecified atom stereocenters. The summed E-state index contributed by atoms with van der Waals surface area (Å²) >= 11 is 6.31. The summed E-state index contributed by atoms with van der Waals surface area (Å²) in [5.41, 5.74) is -0.781. The number of ether oxygens (including phenoxy) is 1. The van der Waals surface area contributed by atoms with Gasteiger partial charge in [-0.2, -0.15) is 0 Å². The lowest BCUT2D eigenvalue weighted by Gasteiger charge is -2.43. The number of carbonyl (C=O) groups excluding carboxylic acids is 1. The Morgan fingerprint density at radius 2 is 2.05 bits per heavy atom. The Labute approximate surface area is 228 Å². The summed E-state index contributed by atoms with van der Waals surface area (Å²) < 4.78 is 5.22. The number of nitrogens with one attached hydrogen (secondary N) is 2. The summed E-state index contributed by atoms with van der Waals surface area (Å²) in [4.78, 5) is 15.3. The van der Waals surface area contributed by atoms with Crippen LogP contribution in [0.25, 0.3) is 0 Å². The van der Waals surface area contributed by atoms with Gasteiger partial charge in [-0.05, 0) is 102 Å². The summed E-state index contributed by atoms with van der Waals surface area (Å²) in [5.74, 6) is 0.435. The molecule has 1 aromatic carbocycles. The second-order valence-electron chi connectivity index (χ2n) is 11.5. The molecule has 7 nitrogen and oxygen atoms in total. The highest BCUT2D eigenvalue weighted by atomic mass is 35.5. The number of benzene rings is 1. The van der Waals surface area contributed by atoms with E-state index in [1.807, 2.05) is 43.1 Å². The molecule has 0 spiro atoms. The second kappa shape index (κ2) is 14.1. The number of unbranched alkanes of at least 4 members (excludes halogenated alkanes) is 1. The number of amides is 2. The van der Waals surface area contributed by atoms with Gasteiger partial charge in [0.1, 0.15) is 0 Å². The van der Waals surface area contributed by atoms with E-state index < -0.39 is 11.2 Å². The number of aliphatic hydroxyl groups is 2. The highest BCUT2D eigenvalue weighted by Crippen LogP contribution is 2.40. The second-order valence-corrected chi connectivity index (χ2v) is 12.0. The molecule has 1 aliphatic heterocycles. The molecule has 2 fully saturated rings. The van der Waals surface area contributed by atoms with Gasteiger partial charge < -0.3 is 30.5 Å². The molecule has 37 heavy (non-hydrogen) atoms. The molecule has 8 heteroatoms. The van der Waals surface area contributed by atoms with Crippen molar-refractivity contribution in [2.24, 2.45) is 11.8 Å². The summed E-state index contributed by atoms with van der Waals surface area (Å²) in [7, 11) is 3.61. The molecule has 0 aromatic heterocycles. The van der Waals surface area contributed by atoms with Gasteiger partial charge in [-0.3, -0.25) is 0 Å². The summed E-state index contributed by atoms with van der Waals surface area (Å²) in [6.07, 6.45) is 8.55. The largest absolute Gasteiger partial charge is 0.390 e. The topological polar surface area (TPSA) is 94.1 Å². The van der Waals surface area contributed by atoms with Crippen molar-refractivity contribution >= 4 is 17.6 Å². The third-order valence-electron chi connectivity index (χ3n) is 8.44. The molecule has 1 saturated heterocycles. The van der Waals surface area contributed by atoms with Gasteiger partial charge in [0, 0.05) is 50.3 Å². The van der Waals surface area contributed by atoms with Gasteiger partial charge in [-0.1, -0.05) is 23.7 Å². The maximum absolute atomic E-state index is 13.4. The van der Waals surface area contributed by atoms with Crippen molar-refractivity contribution in [3.8, 4) is 0 Å². The minimum absolute atomic E-state index is 0.0341. The Morgan fingerprint density at radius 1 is 1.30 bits per heavy atom. The van der Waals surface area contributed by atoms with Crippen LogP contribution in [0.2, 0.25) is 5.02 Å². The van der Waals surface area contributed by atoms with Gasteiger partial charge in [0.25, 0.3) is 0 Å². The Morgan fingerprint density at radius 3 is 2.73 bits per heavy atom. The van der Waals surface area contributed by atoms with Crippen molar-refractivity contribution < 1.29 is 19.7 Å². The quantitative estimate of drug-likeness (QED) is 0.290. The van der Waals surface area contributed by atoms with Crippen LogP contribution in [-0.2, 0) is 10.3 Å². The lowest BCUT2D eigenvalue weighted by molar-refractivity contribution is -0.0564. The van der Waals surface area contributed by atoms with Gasteiger partial charge in [0.2, 0.25) is 0 Å². The van der Waals surface area contributed by atoms with Crippen molar-refractivity contribution in [1.82, 2.24) is 15.5 Å². The average Bonchev–Trinajstić information content (AvgIpc) is 2.88. The Kier molecular flexibility index (Phi) is 11.5. The fourth-order valence-electron chi connectivity index (χ4n) is 6.18. The molecule has 3 atom stereocenters. The van der Waals surface area contributed by atoms with E-state index >= 15 is 0 Å². The first-order valence-electron chi connectivity index (χ1n) is 14.1. The number of hydrogen-bond donors (Lipinski definition) is 4. The highest BCUT2D eigenvalue weighted by Gasteiger charge is 2.41. The minimum atomic E-state index is -1.05. The van der Waals surface area contributed by atoms with Crippen LogP contribution in [-0.4, -0.2) is 73.2 Å². The number of nitrogens with zero attached hydrogens (tertiary/aromatic N) is 1. The SMILES string of the molecule is CNCC(CC1CCC(C)(O)CC1)NC(=O)N1CCCC(C(O)(CCCCOC)c2cccc(Cl)c2)C1. The van der Waals surface area contributed by atoms with E-state index in [1.165, 1.54) is 0 Å². The van der Waals surface area contributed by atoms with Gasteiger partial charge in [-0.15, -0.1) is 0 Å². The Balaban J connectivity index is 1.66. The highest BCUT2D eigenvalue weighted by molar-refractivity contribution is 6.30. The fraction of sp³-hybridized carbons (Fsp3) is 0.759. The number of likely N-dealkylation sites (N-methyl/N-ethyl adjacent to an activating group) is 1. The van der Waals surface area contributed by atoms with Gasteiger partial charge in [0.15, 0.2) is 0 Å². The standard InChI is InChI=1S/C29H48ClN3O4/c1-28(35)14-11-22(12-15-28)18-26(20-31-2)32-27(34)33-16-7-9-24(21-33)29(36,13-4-5-17-37-3)23-8-6-10-25(30)19-23/h6,8,10,19,22,24,26,31,35-36H,4-5,7,9,11-18,20-21H2,1-3H3,(H,32,34). The van der Waals surface area contributed by atoms with E-state index in [0.717, 1.165) is 63.4 Å². The van der Waals surface area contributed by atoms with Gasteiger partial charge >= 0.3 is 6.03 Å². The van der Waals surface area contributed by atoms with Gasteiger partial charge in [0.05, 0.1) is 11.2 Å². The number of hydrogen-bond acceptors (Lipinski definition) is 5. The number of methoxy groups -OCH3 is 1. The van der Waals surface area contributed by atoms with Crippen LogP contribution >= 0.6 is 11.6 Å². The van der Waals surface area contributed by atoms with Crippen LogP contribution in [0.3, 0.4) is 0 Å². The molecule has 2 aliphatic rings. The Bertz CT molecular complexity index is 844. The predicted octanol–water partition coefficient (Wildman–Crippen LogP) is 4.69. The molecule has 1 saturated carbocycles. The van der Waals surface area contributed by atoms with Crippen LogP contribution in [0.1, 0.15) is 76.7 Å². The first-order chi connectivity index (χ1) is 17.7. The normalized spacial score (nSPS) is 26.9. The maximum Gasteiger partial charge on any atom is 0.317 e. The number of halogens is 1. The molecule has 210 valence electrons. The van der Waals surface area contributed by atoms with Crippen LogP contribution in [0.15, 0.2) is 24.3 Å². The molecular formula is C29H48ClN3O4. The summed E-state index contributed by atoms with van der Waals surface area (Å²) in [6, 6.07) is 7.50. The lowest BCUT2D eigenvalue weighted by Crippen LogP contribution is -2.54. The predicted molar refractivity (Wildman–Crippen MR) is 149 cm³/mol. The number of rotatable bonds is 12. The zero-order valence-corrected chi connectivity index (χ0v) is 23.7. The number of urea groups is 1. The smallest absolute Gasteiger partial charge is 0.317 e. The van der Waals surface area contributed by atoms with Crippen LogP contribution in [0.5, 0.6) is 0 Å². The lowest BCUT2D eigenvalue weighted by atomic mass is 9.74. The van der Waals surface area contributed by atoms with E-state index in [1.54, 1.807) is 7.11 Å². The Hall–Kier alpha value is -1.38. The van der Waals surface area contributed by atoms with Crippen molar-refractivity contribution in [2.45, 2.75) is 88.4 Å². The monoisotopic (exact) mass is 537 g/mol. The molecule has 4 N–H and O–H groups in total. The van der Waals surface area contributed by atoms with E-state index in [2.05, 4.69) is 10.6 Å². The number of piperidine rings is 1. The zero-order chi connectivity index (χ0) is 26.9. The summed E-state index contributed by atoms with van der Waals surface area (Å²) in [6.45, 7) is 4.50.